The molecule has 4 rings (SSSR count). The molecule has 0 atom stereocenters. The molecule has 1 aromatic heterocycles. The van der Waals surface area contributed by atoms with Gasteiger partial charge in [-0.3, -0.25) is 19.4 Å². The smallest absolute Gasteiger partial charge is 0.357 e. The van der Waals surface area contributed by atoms with Crippen LogP contribution in [0.4, 0.5) is 15.6 Å². The second kappa shape index (κ2) is 13.9. The number of anilines is 2. The molecule has 0 saturated carbocycles. The van der Waals surface area contributed by atoms with Crippen LogP contribution in [0.1, 0.15) is 36.3 Å². The minimum atomic E-state index is -4.37. The number of amides is 2. The van der Waals surface area contributed by atoms with E-state index >= 15 is 0 Å². The molecule has 0 aliphatic heterocycles. The van der Waals surface area contributed by atoms with Gasteiger partial charge in [0.25, 0.3) is 0 Å². The van der Waals surface area contributed by atoms with Crippen molar-refractivity contribution in [2.75, 3.05) is 23.1 Å². The Balaban J connectivity index is 1.46. The van der Waals surface area contributed by atoms with Crippen LogP contribution >= 0.6 is 11.3 Å². The molecule has 1 heterocycles. The van der Waals surface area contributed by atoms with Gasteiger partial charge in [-0.2, -0.15) is 8.42 Å². The number of nitrogens with zero attached hydrogens (tertiary/aromatic N) is 2. The van der Waals surface area contributed by atoms with Crippen LogP contribution in [0.25, 0.3) is 11.3 Å². The molecule has 10 nitrogen and oxygen atoms in total. The number of aromatic nitrogens is 1. The Bertz CT molecular complexity index is 1510. The SMILES string of the molecule is O=C(O)CCCN(CCC(c1ccccc1)c1ccccc1)C(=O)Nc1nc(-c2ccc(NS(=O)(=O)O)cc2)cs1. The van der Waals surface area contributed by atoms with Gasteiger partial charge in [0.05, 0.1) is 11.4 Å². The van der Waals surface area contributed by atoms with Gasteiger partial charge in [0.15, 0.2) is 5.13 Å². The lowest BCUT2D eigenvalue weighted by molar-refractivity contribution is -0.137. The van der Waals surface area contributed by atoms with Crippen molar-refractivity contribution in [3.8, 4) is 11.3 Å². The lowest BCUT2D eigenvalue weighted by atomic mass is 9.88. The molecule has 0 spiro atoms. The summed E-state index contributed by atoms with van der Waals surface area (Å²) in [5.74, 6) is -0.865. The summed E-state index contributed by atoms with van der Waals surface area (Å²) in [5, 5.41) is 14.1. The highest BCUT2D eigenvalue weighted by Gasteiger charge is 2.20. The summed E-state index contributed by atoms with van der Waals surface area (Å²) < 4.78 is 32.9. The maximum Gasteiger partial charge on any atom is 0.357 e. The minimum absolute atomic E-state index is 0.0472. The molecule has 2 amide bonds. The molecule has 4 aromatic rings. The Labute approximate surface area is 242 Å². The van der Waals surface area contributed by atoms with E-state index in [0.717, 1.165) is 11.1 Å². The fourth-order valence-corrected chi connectivity index (χ4v) is 5.55. The molecule has 0 aliphatic carbocycles. The van der Waals surface area contributed by atoms with E-state index in [2.05, 4.69) is 34.6 Å². The second-order valence-corrected chi connectivity index (χ2v) is 11.3. The topological polar surface area (TPSA) is 149 Å². The first kappa shape index (κ1) is 29.7. The van der Waals surface area contributed by atoms with Crippen molar-refractivity contribution in [2.45, 2.75) is 25.2 Å². The Morgan fingerprint density at radius 3 is 2.07 bits per heavy atom. The first-order valence-electron chi connectivity index (χ1n) is 12.9. The number of thiazole rings is 1. The van der Waals surface area contributed by atoms with Crippen LogP contribution in [0.15, 0.2) is 90.3 Å². The summed E-state index contributed by atoms with van der Waals surface area (Å²) in [6.45, 7) is 0.676. The van der Waals surface area contributed by atoms with Crippen molar-refractivity contribution in [2.24, 2.45) is 0 Å². The number of rotatable bonds is 13. The highest BCUT2D eigenvalue weighted by molar-refractivity contribution is 7.87. The molecular formula is C29H30N4O6S2. The predicted molar refractivity (Wildman–Crippen MR) is 160 cm³/mol. The van der Waals surface area contributed by atoms with E-state index in [1.165, 1.54) is 23.5 Å². The number of carboxylic acids is 1. The standard InChI is InChI=1S/C29H30N4O6S2/c34-27(35)12-7-18-33(19-17-25(21-8-3-1-4-9-21)22-10-5-2-6-11-22)29(36)31-28-30-26(20-40-28)23-13-15-24(16-14-23)32-41(37,38)39/h1-6,8-11,13-16,20,25,32H,7,12,17-19H2,(H,34,35)(H,30,31,36)(H,37,38,39). The third-order valence-corrected chi connectivity index (χ3v) is 7.59. The van der Waals surface area contributed by atoms with E-state index in [9.17, 15) is 18.0 Å². The van der Waals surface area contributed by atoms with Gasteiger partial charge in [-0.1, -0.05) is 72.8 Å². The summed E-state index contributed by atoms with van der Waals surface area (Å²) in [5.41, 5.74) is 3.73. The molecule has 4 N–H and O–H groups in total. The molecule has 0 fully saturated rings. The number of nitrogens with one attached hydrogen (secondary N) is 2. The van der Waals surface area contributed by atoms with Gasteiger partial charge in [0.1, 0.15) is 0 Å². The number of carbonyl (C=O) groups is 2. The molecule has 0 unspecified atom stereocenters. The molecule has 214 valence electrons. The van der Waals surface area contributed by atoms with Gasteiger partial charge in [-0.05, 0) is 36.1 Å². The van der Waals surface area contributed by atoms with Crippen LogP contribution in [-0.2, 0) is 15.1 Å². The van der Waals surface area contributed by atoms with E-state index < -0.39 is 16.3 Å². The number of carbonyl (C=O) groups excluding carboxylic acids is 1. The van der Waals surface area contributed by atoms with Crippen molar-refractivity contribution < 1.29 is 27.7 Å². The first-order chi connectivity index (χ1) is 19.7. The number of hydrogen-bond acceptors (Lipinski definition) is 6. The van der Waals surface area contributed by atoms with Crippen molar-refractivity contribution in [3.05, 3.63) is 101 Å². The maximum atomic E-state index is 13.3. The lowest BCUT2D eigenvalue weighted by Gasteiger charge is -2.26. The van der Waals surface area contributed by atoms with Crippen molar-refractivity contribution in [3.63, 3.8) is 0 Å². The van der Waals surface area contributed by atoms with Crippen LogP contribution in [0, 0.1) is 0 Å². The van der Waals surface area contributed by atoms with E-state index in [-0.39, 0.29) is 30.6 Å². The quantitative estimate of drug-likeness (QED) is 0.140. The third kappa shape index (κ3) is 9.13. The Hall–Kier alpha value is -4.26. The molecule has 0 saturated heterocycles. The first-order valence-corrected chi connectivity index (χ1v) is 15.2. The third-order valence-electron chi connectivity index (χ3n) is 6.34. The number of aliphatic carboxylic acids is 1. The largest absolute Gasteiger partial charge is 0.481 e. The Morgan fingerprint density at radius 2 is 1.51 bits per heavy atom. The fourth-order valence-electron chi connectivity index (χ4n) is 4.41. The van der Waals surface area contributed by atoms with Crippen LogP contribution < -0.4 is 10.0 Å². The summed E-state index contributed by atoms with van der Waals surface area (Å²) in [6.07, 6.45) is 0.910. The van der Waals surface area contributed by atoms with Crippen LogP contribution in [0.5, 0.6) is 0 Å². The molecule has 3 aromatic carbocycles. The van der Waals surface area contributed by atoms with Crippen molar-refractivity contribution >= 4 is 44.5 Å². The zero-order chi connectivity index (χ0) is 29.2. The van der Waals surface area contributed by atoms with Gasteiger partial charge < -0.3 is 10.0 Å². The van der Waals surface area contributed by atoms with E-state index in [1.54, 1.807) is 22.4 Å². The fraction of sp³-hybridized carbons (Fsp3) is 0.207. The van der Waals surface area contributed by atoms with Crippen LogP contribution in [0.3, 0.4) is 0 Å². The predicted octanol–water partition coefficient (Wildman–Crippen LogP) is 5.95. The van der Waals surface area contributed by atoms with Crippen molar-refractivity contribution in [1.29, 1.82) is 0 Å². The molecule has 12 heteroatoms. The number of hydrogen-bond donors (Lipinski definition) is 4. The normalized spacial score (nSPS) is 11.3. The van der Waals surface area contributed by atoms with Crippen LogP contribution in [-0.4, -0.2) is 53.1 Å². The van der Waals surface area contributed by atoms with Gasteiger partial charge in [-0.25, -0.2) is 9.78 Å². The average Bonchev–Trinajstić information content (AvgIpc) is 3.41. The molecule has 0 aliphatic rings. The highest BCUT2D eigenvalue weighted by Crippen LogP contribution is 2.29. The number of benzene rings is 3. The number of carboxylic acid groups (broad SMARTS) is 1. The van der Waals surface area contributed by atoms with Gasteiger partial charge in [0, 0.05) is 36.4 Å². The molecular weight excluding hydrogens is 564 g/mol. The molecule has 0 bridgehead atoms. The Kier molecular flexibility index (Phi) is 10.1. The molecule has 0 radical (unpaired) electrons. The average molecular weight is 595 g/mol. The van der Waals surface area contributed by atoms with E-state index in [0.29, 0.717) is 35.8 Å². The van der Waals surface area contributed by atoms with Gasteiger partial charge in [-0.15, -0.1) is 11.3 Å². The van der Waals surface area contributed by atoms with E-state index in [1.807, 2.05) is 41.1 Å². The van der Waals surface area contributed by atoms with Gasteiger partial charge >= 0.3 is 22.3 Å². The van der Waals surface area contributed by atoms with Crippen molar-refractivity contribution in [1.82, 2.24) is 9.88 Å². The van der Waals surface area contributed by atoms with E-state index in [4.69, 9.17) is 9.66 Å². The minimum Gasteiger partial charge on any atom is -0.481 e. The maximum absolute atomic E-state index is 13.3. The Morgan fingerprint density at radius 1 is 0.902 bits per heavy atom. The second-order valence-electron chi connectivity index (χ2n) is 9.27. The zero-order valence-corrected chi connectivity index (χ0v) is 23.6. The monoisotopic (exact) mass is 594 g/mol. The summed E-state index contributed by atoms with van der Waals surface area (Å²) >= 11 is 1.24. The summed E-state index contributed by atoms with van der Waals surface area (Å²) in [6, 6.07) is 26.0. The molecule has 41 heavy (non-hydrogen) atoms. The summed E-state index contributed by atoms with van der Waals surface area (Å²) in [7, 11) is -4.37. The lowest BCUT2D eigenvalue weighted by Crippen LogP contribution is -2.37. The van der Waals surface area contributed by atoms with Crippen LogP contribution in [0.2, 0.25) is 0 Å². The zero-order valence-electron chi connectivity index (χ0n) is 22.0. The highest BCUT2D eigenvalue weighted by atomic mass is 32.2. The number of urea groups is 1. The van der Waals surface area contributed by atoms with Gasteiger partial charge in [0.2, 0.25) is 0 Å². The summed E-state index contributed by atoms with van der Waals surface area (Å²) in [4.78, 5) is 30.6.